The Morgan fingerprint density at radius 1 is 1.24 bits per heavy atom. The lowest BCUT2D eigenvalue weighted by molar-refractivity contribution is -0.297. The fraction of sp³-hybridized carbons (Fsp3) is 0.333. The van der Waals surface area contributed by atoms with Crippen molar-refractivity contribution in [2.24, 2.45) is 0 Å². The smallest absolute Gasteiger partial charge is 0.247 e. The molecule has 0 N–H and O–H groups in total. The minimum atomic E-state index is -1.42. The Kier molecular flexibility index (Phi) is 5.81. The number of carbonyl (C=O) groups excluding carboxylic acids is 2. The first-order chi connectivity index (χ1) is 9.61. The normalized spacial score (nSPS) is 11.7. The van der Waals surface area contributed by atoms with Crippen LogP contribution in [0, 0.1) is 0 Å². The molecule has 0 fully saturated rings. The zero-order valence-corrected chi connectivity index (χ0v) is 13.5. The summed E-state index contributed by atoms with van der Waals surface area (Å²) in [6.45, 7) is 5.79. The van der Waals surface area contributed by atoms with E-state index in [4.69, 9.17) is 23.2 Å². The third-order valence-corrected chi connectivity index (χ3v) is 3.37. The Bertz CT molecular complexity index is 577. The number of halogens is 2. The predicted molar refractivity (Wildman–Crippen MR) is 80.9 cm³/mol. The highest BCUT2D eigenvalue weighted by Gasteiger charge is 2.25. The molecule has 21 heavy (non-hydrogen) atoms. The van der Waals surface area contributed by atoms with E-state index >= 15 is 0 Å². The van der Waals surface area contributed by atoms with Gasteiger partial charge in [0.2, 0.25) is 5.91 Å². The first-order valence-corrected chi connectivity index (χ1v) is 7.01. The van der Waals surface area contributed by atoms with Gasteiger partial charge in [0.15, 0.2) is 0 Å². The standard InChI is InChI=1S/C15H17Cl2NO3/c1-15(2,3)18(13(19)6-7-14(20)21)9-10-4-5-11(16)8-12(10)17/h4-8H,9H2,1-3H3,(H,20,21)/p-1. The topological polar surface area (TPSA) is 60.4 Å². The third kappa shape index (κ3) is 5.40. The van der Waals surface area contributed by atoms with E-state index in [2.05, 4.69) is 0 Å². The van der Waals surface area contributed by atoms with Crippen LogP contribution in [0.25, 0.3) is 0 Å². The Hall–Kier alpha value is -1.52. The van der Waals surface area contributed by atoms with Crippen LogP contribution < -0.4 is 5.11 Å². The van der Waals surface area contributed by atoms with Crippen molar-refractivity contribution in [3.63, 3.8) is 0 Å². The molecule has 0 aliphatic heterocycles. The molecule has 1 aromatic rings. The molecule has 4 nitrogen and oxygen atoms in total. The quantitative estimate of drug-likeness (QED) is 0.797. The molecule has 0 saturated carbocycles. The van der Waals surface area contributed by atoms with Gasteiger partial charge in [-0.25, -0.2) is 0 Å². The first-order valence-electron chi connectivity index (χ1n) is 6.26. The second-order valence-corrected chi connectivity index (χ2v) is 6.33. The number of hydrogen-bond donors (Lipinski definition) is 0. The summed E-state index contributed by atoms with van der Waals surface area (Å²) in [6.07, 6.45) is 1.69. The van der Waals surface area contributed by atoms with Crippen LogP contribution in [0.4, 0.5) is 0 Å². The monoisotopic (exact) mass is 328 g/mol. The lowest BCUT2D eigenvalue weighted by Crippen LogP contribution is -2.44. The van der Waals surface area contributed by atoms with Gasteiger partial charge in [0, 0.05) is 28.2 Å². The molecule has 114 valence electrons. The number of carbonyl (C=O) groups is 2. The molecule has 0 radical (unpaired) electrons. The summed E-state index contributed by atoms with van der Waals surface area (Å²) in [5.41, 5.74) is 0.224. The fourth-order valence-corrected chi connectivity index (χ4v) is 2.16. The van der Waals surface area contributed by atoms with Crippen LogP contribution in [-0.2, 0) is 16.1 Å². The molecule has 0 unspecified atom stereocenters. The molecule has 6 heteroatoms. The molecule has 0 aromatic heterocycles. The molecule has 0 bridgehead atoms. The molecule has 1 rings (SSSR count). The summed E-state index contributed by atoms with van der Waals surface area (Å²) in [4.78, 5) is 24.1. The van der Waals surface area contributed by atoms with Crippen molar-refractivity contribution in [3.8, 4) is 0 Å². The molecule has 1 aromatic carbocycles. The van der Waals surface area contributed by atoms with Crippen molar-refractivity contribution in [1.29, 1.82) is 0 Å². The first kappa shape index (κ1) is 17.5. The minimum absolute atomic E-state index is 0.246. The number of hydrogen-bond acceptors (Lipinski definition) is 3. The van der Waals surface area contributed by atoms with E-state index in [1.165, 1.54) is 4.90 Å². The van der Waals surface area contributed by atoms with E-state index in [0.717, 1.165) is 11.6 Å². The fourth-order valence-electron chi connectivity index (χ4n) is 1.70. The van der Waals surface area contributed by atoms with Crippen LogP contribution in [0.15, 0.2) is 30.4 Å². The zero-order valence-electron chi connectivity index (χ0n) is 12.0. The van der Waals surface area contributed by atoms with Gasteiger partial charge in [-0.2, -0.15) is 0 Å². The molecule has 0 heterocycles. The van der Waals surface area contributed by atoms with Gasteiger partial charge in [-0.3, -0.25) is 4.79 Å². The maximum atomic E-state index is 12.2. The van der Waals surface area contributed by atoms with Crippen LogP contribution in [0.3, 0.4) is 0 Å². The maximum absolute atomic E-state index is 12.2. The number of aliphatic carboxylic acids is 1. The third-order valence-electron chi connectivity index (χ3n) is 2.78. The SMILES string of the molecule is CC(C)(C)N(Cc1ccc(Cl)cc1Cl)C(=O)C=CC(=O)[O-]. The molecular formula is C15H16Cl2NO3-. The van der Waals surface area contributed by atoms with E-state index < -0.39 is 17.4 Å². The summed E-state index contributed by atoms with van der Waals surface area (Å²) >= 11 is 12.0. The van der Waals surface area contributed by atoms with Gasteiger partial charge >= 0.3 is 0 Å². The van der Waals surface area contributed by atoms with Gasteiger partial charge in [0.25, 0.3) is 0 Å². The van der Waals surface area contributed by atoms with Gasteiger partial charge in [-0.1, -0.05) is 29.3 Å². The maximum Gasteiger partial charge on any atom is 0.247 e. The number of benzene rings is 1. The molecule has 1 amide bonds. The Balaban J connectivity index is 3.04. The average molecular weight is 329 g/mol. The number of rotatable bonds is 4. The van der Waals surface area contributed by atoms with Crippen LogP contribution in [0.1, 0.15) is 26.3 Å². The highest BCUT2D eigenvalue weighted by Crippen LogP contribution is 2.25. The summed E-state index contributed by atoms with van der Waals surface area (Å²) < 4.78 is 0. The molecular weight excluding hydrogens is 313 g/mol. The highest BCUT2D eigenvalue weighted by atomic mass is 35.5. The summed E-state index contributed by atoms with van der Waals surface area (Å²) in [7, 11) is 0. The molecule has 0 aliphatic rings. The van der Waals surface area contributed by atoms with E-state index in [9.17, 15) is 14.7 Å². The highest BCUT2D eigenvalue weighted by molar-refractivity contribution is 6.35. The van der Waals surface area contributed by atoms with Crippen LogP contribution in [-0.4, -0.2) is 22.3 Å². The van der Waals surface area contributed by atoms with E-state index in [-0.39, 0.29) is 6.54 Å². The van der Waals surface area contributed by atoms with Crippen LogP contribution in [0.5, 0.6) is 0 Å². The predicted octanol–water partition coefficient (Wildman–Crippen LogP) is 2.43. The summed E-state index contributed by atoms with van der Waals surface area (Å²) in [6, 6.07) is 5.02. The van der Waals surface area contributed by atoms with Gasteiger partial charge in [0.1, 0.15) is 0 Å². The lowest BCUT2D eigenvalue weighted by Gasteiger charge is -2.35. The Labute approximate surface area is 134 Å². The Morgan fingerprint density at radius 3 is 2.33 bits per heavy atom. The van der Waals surface area contributed by atoms with Gasteiger partial charge < -0.3 is 14.8 Å². The van der Waals surface area contributed by atoms with E-state index in [1.54, 1.807) is 18.2 Å². The second-order valence-electron chi connectivity index (χ2n) is 5.48. The van der Waals surface area contributed by atoms with Crippen molar-refractivity contribution in [2.75, 3.05) is 0 Å². The van der Waals surface area contributed by atoms with E-state index in [0.29, 0.717) is 16.1 Å². The zero-order chi connectivity index (χ0) is 16.2. The number of carboxylic acids is 1. The molecule has 0 aliphatic carbocycles. The van der Waals surface area contributed by atoms with Crippen molar-refractivity contribution in [3.05, 3.63) is 46.0 Å². The van der Waals surface area contributed by atoms with Crippen molar-refractivity contribution in [1.82, 2.24) is 4.90 Å². The van der Waals surface area contributed by atoms with Crippen molar-refractivity contribution < 1.29 is 14.7 Å². The van der Waals surface area contributed by atoms with E-state index in [1.807, 2.05) is 20.8 Å². The number of amides is 1. The molecule has 0 atom stereocenters. The minimum Gasteiger partial charge on any atom is -0.545 e. The number of carboxylic acid groups (broad SMARTS) is 1. The lowest BCUT2D eigenvalue weighted by atomic mass is 10.0. The summed E-state index contributed by atoms with van der Waals surface area (Å²) in [5.74, 6) is -1.85. The average Bonchev–Trinajstić information content (AvgIpc) is 2.33. The van der Waals surface area contributed by atoms with Gasteiger partial charge in [0.05, 0.1) is 5.97 Å². The number of nitrogens with zero attached hydrogens (tertiary/aromatic N) is 1. The van der Waals surface area contributed by atoms with Gasteiger partial charge in [-0.15, -0.1) is 0 Å². The largest absolute Gasteiger partial charge is 0.545 e. The van der Waals surface area contributed by atoms with Gasteiger partial charge in [-0.05, 0) is 44.5 Å². The van der Waals surface area contributed by atoms with Crippen LogP contribution >= 0.6 is 23.2 Å². The van der Waals surface area contributed by atoms with Crippen molar-refractivity contribution >= 4 is 35.1 Å². The summed E-state index contributed by atoms with van der Waals surface area (Å²) in [5, 5.41) is 11.4. The van der Waals surface area contributed by atoms with Crippen molar-refractivity contribution in [2.45, 2.75) is 32.9 Å². The second kappa shape index (κ2) is 6.96. The molecule has 0 saturated heterocycles. The molecule has 0 spiro atoms. The Morgan fingerprint density at radius 2 is 1.86 bits per heavy atom. The van der Waals surface area contributed by atoms with Crippen LogP contribution in [0.2, 0.25) is 10.0 Å².